The lowest BCUT2D eigenvalue weighted by Gasteiger charge is -2.30. The minimum absolute atomic E-state index is 0.555. The van der Waals surface area contributed by atoms with Crippen molar-refractivity contribution in [1.29, 1.82) is 0 Å². The first kappa shape index (κ1) is 10.1. The largest absolute Gasteiger partial charge is 0.313 e. The van der Waals surface area contributed by atoms with E-state index >= 15 is 0 Å². The van der Waals surface area contributed by atoms with E-state index in [4.69, 9.17) is 0 Å². The summed E-state index contributed by atoms with van der Waals surface area (Å²) in [4.78, 5) is 0. The van der Waals surface area contributed by atoms with Gasteiger partial charge < -0.3 is 5.32 Å². The molecule has 1 N–H and O–H groups in total. The molecule has 15 heavy (non-hydrogen) atoms. The number of nitrogens with one attached hydrogen (secondary N) is 1. The second kappa shape index (κ2) is 3.23. The number of hydrogen-bond donors (Lipinski definition) is 1. The van der Waals surface area contributed by atoms with Crippen LogP contribution in [0.15, 0.2) is 0 Å². The van der Waals surface area contributed by atoms with E-state index in [1.165, 1.54) is 51.5 Å². The molecule has 0 aromatic carbocycles. The highest BCUT2D eigenvalue weighted by Gasteiger charge is 2.53. The van der Waals surface area contributed by atoms with Gasteiger partial charge in [0.2, 0.25) is 0 Å². The van der Waals surface area contributed by atoms with Crippen LogP contribution >= 0.6 is 0 Å². The summed E-state index contributed by atoms with van der Waals surface area (Å²) in [7, 11) is 0. The molecule has 0 amide bonds. The summed E-state index contributed by atoms with van der Waals surface area (Å²) in [6.07, 6.45) is 10.3. The normalized spacial score (nSPS) is 36.8. The Hall–Kier alpha value is -0.0400. The van der Waals surface area contributed by atoms with Crippen molar-refractivity contribution < 1.29 is 0 Å². The van der Waals surface area contributed by atoms with E-state index in [9.17, 15) is 0 Å². The first-order valence-electron chi connectivity index (χ1n) is 6.86. The molecule has 0 aliphatic heterocycles. The average Bonchev–Trinajstić information content (AvgIpc) is 3.02. The standard InChI is InChI=1S/C14H25N/c1-13(2)7-3-4-12(13)15-10-14(8-9-14)11-5-6-11/h11-12,15H,3-10H2,1-2H3. The Morgan fingerprint density at radius 3 is 2.27 bits per heavy atom. The molecule has 3 aliphatic rings. The minimum atomic E-state index is 0.555. The Morgan fingerprint density at radius 2 is 1.80 bits per heavy atom. The first-order chi connectivity index (χ1) is 7.12. The molecule has 1 heteroatoms. The lowest BCUT2D eigenvalue weighted by atomic mass is 9.87. The van der Waals surface area contributed by atoms with Crippen molar-refractivity contribution in [2.45, 2.75) is 64.8 Å². The summed E-state index contributed by atoms with van der Waals surface area (Å²) in [5, 5.41) is 3.90. The Balaban J connectivity index is 1.53. The van der Waals surface area contributed by atoms with Crippen LogP contribution in [0.3, 0.4) is 0 Å². The highest BCUT2D eigenvalue weighted by Crippen LogP contribution is 2.61. The minimum Gasteiger partial charge on any atom is -0.313 e. The van der Waals surface area contributed by atoms with Crippen LogP contribution in [0.1, 0.15) is 58.8 Å². The summed E-state index contributed by atoms with van der Waals surface area (Å²) >= 11 is 0. The third kappa shape index (κ3) is 1.84. The summed E-state index contributed by atoms with van der Waals surface area (Å²) in [6, 6.07) is 0.800. The Kier molecular flexibility index (Phi) is 2.18. The monoisotopic (exact) mass is 207 g/mol. The van der Waals surface area contributed by atoms with Crippen molar-refractivity contribution in [3.63, 3.8) is 0 Å². The van der Waals surface area contributed by atoms with Crippen LogP contribution in [0.4, 0.5) is 0 Å². The maximum Gasteiger partial charge on any atom is 0.0118 e. The molecule has 3 aliphatic carbocycles. The molecule has 0 spiro atoms. The molecule has 3 rings (SSSR count). The fraction of sp³-hybridized carbons (Fsp3) is 1.00. The van der Waals surface area contributed by atoms with Gasteiger partial charge in [0.1, 0.15) is 0 Å². The van der Waals surface area contributed by atoms with E-state index in [0.717, 1.165) is 17.4 Å². The maximum atomic E-state index is 3.90. The molecule has 1 atom stereocenters. The van der Waals surface area contributed by atoms with E-state index < -0.39 is 0 Å². The topological polar surface area (TPSA) is 12.0 Å². The summed E-state index contributed by atoms with van der Waals surface area (Å²) < 4.78 is 0. The lowest BCUT2D eigenvalue weighted by molar-refractivity contribution is 0.259. The van der Waals surface area contributed by atoms with Crippen LogP contribution in [-0.4, -0.2) is 12.6 Å². The lowest BCUT2D eigenvalue weighted by Crippen LogP contribution is -2.41. The van der Waals surface area contributed by atoms with E-state index in [-0.39, 0.29) is 0 Å². The van der Waals surface area contributed by atoms with Gasteiger partial charge in [0.05, 0.1) is 0 Å². The molecule has 1 unspecified atom stereocenters. The number of hydrogen-bond acceptors (Lipinski definition) is 1. The van der Waals surface area contributed by atoms with E-state index in [0.29, 0.717) is 5.41 Å². The van der Waals surface area contributed by atoms with Crippen LogP contribution in [0.2, 0.25) is 0 Å². The zero-order chi connectivity index (χ0) is 10.5. The molecule has 3 saturated carbocycles. The van der Waals surface area contributed by atoms with E-state index in [1.54, 1.807) is 0 Å². The molecule has 0 saturated heterocycles. The second-order valence-electron chi connectivity index (χ2n) is 6.95. The van der Waals surface area contributed by atoms with Gasteiger partial charge in [0.25, 0.3) is 0 Å². The van der Waals surface area contributed by atoms with Crippen LogP contribution in [0, 0.1) is 16.7 Å². The van der Waals surface area contributed by atoms with Gasteiger partial charge in [0.15, 0.2) is 0 Å². The zero-order valence-electron chi connectivity index (χ0n) is 10.3. The molecule has 3 fully saturated rings. The Morgan fingerprint density at radius 1 is 1.07 bits per heavy atom. The molecule has 0 radical (unpaired) electrons. The van der Waals surface area contributed by atoms with Gasteiger partial charge in [0, 0.05) is 12.6 Å². The Labute approximate surface area is 94.0 Å². The van der Waals surface area contributed by atoms with Crippen LogP contribution in [0.25, 0.3) is 0 Å². The van der Waals surface area contributed by atoms with Gasteiger partial charge in [-0.05, 0) is 55.3 Å². The van der Waals surface area contributed by atoms with Gasteiger partial charge in [-0.25, -0.2) is 0 Å². The van der Waals surface area contributed by atoms with Gasteiger partial charge in [-0.2, -0.15) is 0 Å². The van der Waals surface area contributed by atoms with Crippen LogP contribution < -0.4 is 5.32 Å². The molecular weight excluding hydrogens is 182 g/mol. The molecule has 86 valence electrons. The SMILES string of the molecule is CC1(C)CCCC1NCC1(C2CC2)CC1. The van der Waals surface area contributed by atoms with Crippen LogP contribution in [0.5, 0.6) is 0 Å². The van der Waals surface area contributed by atoms with Crippen molar-refractivity contribution in [1.82, 2.24) is 5.32 Å². The second-order valence-corrected chi connectivity index (χ2v) is 6.95. The average molecular weight is 207 g/mol. The van der Waals surface area contributed by atoms with Crippen molar-refractivity contribution in [3.05, 3.63) is 0 Å². The summed E-state index contributed by atoms with van der Waals surface area (Å²) in [6.45, 7) is 6.20. The van der Waals surface area contributed by atoms with Gasteiger partial charge in [-0.3, -0.25) is 0 Å². The van der Waals surface area contributed by atoms with Gasteiger partial charge in [-0.15, -0.1) is 0 Å². The van der Waals surface area contributed by atoms with Crippen molar-refractivity contribution >= 4 is 0 Å². The Bertz CT molecular complexity index is 248. The molecule has 1 nitrogen and oxygen atoms in total. The fourth-order valence-electron chi connectivity index (χ4n) is 3.62. The quantitative estimate of drug-likeness (QED) is 0.745. The summed E-state index contributed by atoms with van der Waals surface area (Å²) in [5.74, 6) is 1.11. The van der Waals surface area contributed by atoms with Crippen LogP contribution in [-0.2, 0) is 0 Å². The fourth-order valence-corrected chi connectivity index (χ4v) is 3.62. The molecule has 0 heterocycles. The maximum absolute atomic E-state index is 3.90. The predicted octanol–water partition coefficient (Wildman–Crippen LogP) is 3.34. The van der Waals surface area contributed by atoms with Crippen molar-refractivity contribution in [3.8, 4) is 0 Å². The van der Waals surface area contributed by atoms with Crippen molar-refractivity contribution in [2.75, 3.05) is 6.54 Å². The first-order valence-corrected chi connectivity index (χ1v) is 6.86. The smallest absolute Gasteiger partial charge is 0.0118 e. The molecule has 0 aromatic rings. The molecule has 0 aromatic heterocycles. The zero-order valence-corrected chi connectivity index (χ0v) is 10.3. The van der Waals surface area contributed by atoms with E-state index in [2.05, 4.69) is 19.2 Å². The molecular formula is C14H25N. The number of rotatable bonds is 4. The molecule has 0 bridgehead atoms. The highest BCUT2D eigenvalue weighted by molar-refractivity contribution is 5.06. The third-order valence-corrected chi connectivity index (χ3v) is 5.29. The van der Waals surface area contributed by atoms with Gasteiger partial charge in [-0.1, -0.05) is 20.3 Å². The highest BCUT2D eigenvalue weighted by atomic mass is 15.0. The van der Waals surface area contributed by atoms with Gasteiger partial charge >= 0.3 is 0 Å². The third-order valence-electron chi connectivity index (χ3n) is 5.29. The predicted molar refractivity (Wildman–Crippen MR) is 63.8 cm³/mol. The summed E-state index contributed by atoms with van der Waals surface area (Å²) in [5.41, 5.74) is 1.33. The van der Waals surface area contributed by atoms with E-state index in [1.807, 2.05) is 0 Å². The van der Waals surface area contributed by atoms with Crippen molar-refractivity contribution in [2.24, 2.45) is 16.7 Å².